The summed E-state index contributed by atoms with van der Waals surface area (Å²) in [6.07, 6.45) is -2.74. The summed E-state index contributed by atoms with van der Waals surface area (Å²) < 4.78 is 13.0. The SMILES string of the molecule is NCC(O)C(O)c1cc(F)cc([N+](=O)[O-])c1. The molecule has 0 heterocycles. The van der Waals surface area contributed by atoms with Gasteiger partial charge < -0.3 is 15.9 Å². The Morgan fingerprint density at radius 1 is 1.44 bits per heavy atom. The molecule has 0 saturated carbocycles. The number of nitrogens with zero attached hydrogens (tertiary/aromatic N) is 1. The number of non-ortho nitro benzene ring substituents is 1. The molecule has 0 spiro atoms. The van der Waals surface area contributed by atoms with Crippen LogP contribution in [0.4, 0.5) is 10.1 Å². The molecule has 4 N–H and O–H groups in total. The zero-order valence-corrected chi connectivity index (χ0v) is 8.21. The maximum atomic E-state index is 13.0. The van der Waals surface area contributed by atoms with Crippen molar-refractivity contribution in [3.8, 4) is 0 Å². The van der Waals surface area contributed by atoms with Crippen LogP contribution >= 0.6 is 0 Å². The fraction of sp³-hybridized carbons (Fsp3) is 0.333. The van der Waals surface area contributed by atoms with Crippen molar-refractivity contribution in [3.05, 3.63) is 39.7 Å². The van der Waals surface area contributed by atoms with Crippen molar-refractivity contribution in [2.45, 2.75) is 12.2 Å². The quantitative estimate of drug-likeness (QED) is 0.501. The van der Waals surface area contributed by atoms with Gasteiger partial charge in [0.25, 0.3) is 5.69 Å². The molecule has 2 atom stereocenters. The predicted octanol–water partition coefficient (Wildman–Crippen LogP) is 0.0869. The van der Waals surface area contributed by atoms with Gasteiger partial charge in [0.2, 0.25) is 0 Å². The van der Waals surface area contributed by atoms with Crippen LogP contribution in [0.1, 0.15) is 11.7 Å². The standard InChI is InChI=1S/C9H11FN2O4/c10-6-1-5(9(14)8(13)4-11)2-7(3-6)12(15)16/h1-3,8-9,13-14H,4,11H2. The molecule has 0 amide bonds. The Morgan fingerprint density at radius 3 is 2.56 bits per heavy atom. The number of aliphatic hydroxyl groups excluding tert-OH is 2. The highest BCUT2D eigenvalue weighted by Gasteiger charge is 2.20. The molecule has 16 heavy (non-hydrogen) atoms. The Balaban J connectivity index is 3.09. The summed E-state index contributed by atoms with van der Waals surface area (Å²) >= 11 is 0. The second-order valence-corrected chi connectivity index (χ2v) is 3.25. The lowest BCUT2D eigenvalue weighted by Gasteiger charge is -2.16. The lowest BCUT2D eigenvalue weighted by atomic mass is 10.0. The molecule has 88 valence electrons. The topological polar surface area (TPSA) is 110 Å². The molecule has 0 aliphatic carbocycles. The first-order valence-electron chi connectivity index (χ1n) is 4.46. The number of halogens is 1. The summed E-state index contributed by atoms with van der Waals surface area (Å²) in [7, 11) is 0. The van der Waals surface area contributed by atoms with Gasteiger partial charge in [0.1, 0.15) is 11.9 Å². The van der Waals surface area contributed by atoms with Crippen LogP contribution in [-0.2, 0) is 0 Å². The van der Waals surface area contributed by atoms with Crippen LogP contribution in [0.3, 0.4) is 0 Å². The number of nitrogens with two attached hydrogens (primary N) is 1. The van der Waals surface area contributed by atoms with Crippen LogP contribution < -0.4 is 5.73 Å². The van der Waals surface area contributed by atoms with E-state index in [0.29, 0.717) is 0 Å². The molecule has 0 aliphatic heterocycles. The number of hydrogen-bond acceptors (Lipinski definition) is 5. The van der Waals surface area contributed by atoms with E-state index in [1.54, 1.807) is 0 Å². The van der Waals surface area contributed by atoms with Crippen LogP contribution in [0.2, 0.25) is 0 Å². The third-order valence-electron chi connectivity index (χ3n) is 2.06. The summed E-state index contributed by atoms with van der Waals surface area (Å²) in [5.74, 6) is -0.854. The maximum absolute atomic E-state index is 13.0. The molecule has 0 radical (unpaired) electrons. The van der Waals surface area contributed by atoms with Gasteiger partial charge in [-0.05, 0) is 11.6 Å². The summed E-state index contributed by atoms with van der Waals surface area (Å²) in [4.78, 5) is 9.65. The van der Waals surface area contributed by atoms with E-state index in [2.05, 4.69) is 0 Å². The zero-order chi connectivity index (χ0) is 12.3. The summed E-state index contributed by atoms with van der Waals surface area (Å²) in [5, 5.41) is 29.2. The number of nitro groups is 1. The minimum absolute atomic E-state index is 0.0790. The fourth-order valence-corrected chi connectivity index (χ4v) is 1.22. The van der Waals surface area contributed by atoms with Crippen LogP contribution in [0.25, 0.3) is 0 Å². The Bertz CT molecular complexity index is 399. The highest BCUT2D eigenvalue weighted by Crippen LogP contribution is 2.23. The lowest BCUT2D eigenvalue weighted by molar-refractivity contribution is -0.385. The van der Waals surface area contributed by atoms with E-state index in [4.69, 9.17) is 5.73 Å². The number of rotatable bonds is 4. The first kappa shape index (κ1) is 12.5. The first-order chi connectivity index (χ1) is 7.45. The Labute approximate surface area is 90.3 Å². The number of benzene rings is 1. The normalized spacial score (nSPS) is 14.5. The van der Waals surface area contributed by atoms with Crippen molar-refractivity contribution >= 4 is 5.69 Å². The molecule has 0 aromatic heterocycles. The maximum Gasteiger partial charge on any atom is 0.272 e. The van der Waals surface area contributed by atoms with Crippen LogP contribution in [-0.4, -0.2) is 27.8 Å². The summed E-state index contributed by atoms with van der Waals surface area (Å²) in [6.45, 7) is -0.231. The molecule has 0 bridgehead atoms. The van der Waals surface area contributed by atoms with Crippen molar-refractivity contribution in [2.24, 2.45) is 5.73 Å². The van der Waals surface area contributed by atoms with Crippen LogP contribution in [0, 0.1) is 15.9 Å². The minimum atomic E-state index is -1.45. The second kappa shape index (κ2) is 4.97. The van der Waals surface area contributed by atoms with Gasteiger partial charge in [-0.3, -0.25) is 10.1 Å². The van der Waals surface area contributed by atoms with Gasteiger partial charge in [-0.25, -0.2) is 4.39 Å². The number of hydrogen-bond donors (Lipinski definition) is 3. The van der Waals surface area contributed by atoms with Gasteiger partial charge in [0, 0.05) is 12.6 Å². The smallest absolute Gasteiger partial charge is 0.272 e. The molecule has 2 unspecified atom stereocenters. The van der Waals surface area contributed by atoms with Gasteiger partial charge in [-0.15, -0.1) is 0 Å². The van der Waals surface area contributed by atoms with E-state index >= 15 is 0 Å². The molecule has 0 saturated heterocycles. The van der Waals surface area contributed by atoms with Crippen molar-refractivity contribution < 1.29 is 19.5 Å². The van der Waals surface area contributed by atoms with Crippen LogP contribution in [0.15, 0.2) is 18.2 Å². The molecule has 7 heteroatoms. The van der Waals surface area contributed by atoms with Gasteiger partial charge in [-0.2, -0.15) is 0 Å². The second-order valence-electron chi connectivity index (χ2n) is 3.25. The first-order valence-corrected chi connectivity index (χ1v) is 4.46. The minimum Gasteiger partial charge on any atom is -0.389 e. The van der Waals surface area contributed by atoms with E-state index in [1.165, 1.54) is 0 Å². The largest absolute Gasteiger partial charge is 0.389 e. The monoisotopic (exact) mass is 230 g/mol. The zero-order valence-electron chi connectivity index (χ0n) is 8.21. The average molecular weight is 230 g/mol. The third kappa shape index (κ3) is 2.72. The van der Waals surface area contributed by atoms with E-state index in [9.17, 15) is 24.7 Å². The molecule has 1 aromatic carbocycles. The van der Waals surface area contributed by atoms with Crippen molar-refractivity contribution in [1.29, 1.82) is 0 Å². The molecular weight excluding hydrogens is 219 g/mol. The summed E-state index contributed by atoms with van der Waals surface area (Å²) in [6, 6.07) is 2.63. The van der Waals surface area contributed by atoms with Crippen molar-refractivity contribution in [1.82, 2.24) is 0 Å². The lowest BCUT2D eigenvalue weighted by Crippen LogP contribution is -2.27. The predicted molar refractivity (Wildman–Crippen MR) is 53.1 cm³/mol. The van der Waals surface area contributed by atoms with Gasteiger partial charge in [-0.1, -0.05) is 0 Å². The van der Waals surface area contributed by atoms with Gasteiger partial charge in [0.15, 0.2) is 0 Å². The molecule has 1 rings (SSSR count). The highest BCUT2D eigenvalue weighted by molar-refractivity contribution is 5.36. The Morgan fingerprint density at radius 2 is 2.06 bits per heavy atom. The Kier molecular flexibility index (Phi) is 3.88. The summed E-state index contributed by atoms with van der Waals surface area (Å²) in [5.41, 5.74) is 4.54. The number of aliphatic hydroxyl groups is 2. The average Bonchev–Trinajstić information content (AvgIpc) is 2.26. The van der Waals surface area contributed by atoms with E-state index < -0.39 is 28.6 Å². The van der Waals surface area contributed by atoms with E-state index in [-0.39, 0.29) is 12.1 Å². The van der Waals surface area contributed by atoms with Crippen molar-refractivity contribution in [3.63, 3.8) is 0 Å². The third-order valence-corrected chi connectivity index (χ3v) is 2.06. The van der Waals surface area contributed by atoms with Crippen LogP contribution in [0.5, 0.6) is 0 Å². The molecule has 0 fully saturated rings. The number of nitro benzene ring substituents is 1. The Hall–Kier alpha value is -1.57. The molecule has 1 aromatic rings. The fourth-order valence-electron chi connectivity index (χ4n) is 1.22. The van der Waals surface area contributed by atoms with E-state index in [0.717, 1.165) is 18.2 Å². The molecule has 6 nitrogen and oxygen atoms in total. The van der Waals surface area contributed by atoms with Crippen molar-refractivity contribution in [2.75, 3.05) is 6.54 Å². The van der Waals surface area contributed by atoms with Gasteiger partial charge in [0.05, 0.1) is 17.1 Å². The van der Waals surface area contributed by atoms with Gasteiger partial charge >= 0.3 is 0 Å². The molecule has 0 aliphatic rings. The highest BCUT2D eigenvalue weighted by atomic mass is 19.1. The molecular formula is C9H11FN2O4. The van der Waals surface area contributed by atoms with E-state index in [1.807, 2.05) is 0 Å².